The Morgan fingerprint density at radius 1 is 0.855 bits per heavy atom. The summed E-state index contributed by atoms with van der Waals surface area (Å²) in [6.07, 6.45) is 3.00. The number of aliphatic hydroxyl groups is 1. The summed E-state index contributed by atoms with van der Waals surface area (Å²) < 4.78 is 58.5. The molecular weight excluding hydrogens is 985 g/mol. The summed E-state index contributed by atoms with van der Waals surface area (Å²) in [5.41, 5.74) is -6.36. The molecule has 4 fully saturated rings. The number of halogens is 2. The van der Waals surface area contributed by atoms with E-state index in [4.69, 9.17) is 18.9 Å². The summed E-state index contributed by atoms with van der Waals surface area (Å²) in [5, 5.41) is 25.6. The van der Waals surface area contributed by atoms with Crippen molar-refractivity contribution < 1.29 is 66.4 Å². The molecular formula is C57H83F2N5O12. The van der Waals surface area contributed by atoms with Crippen LogP contribution in [0.2, 0.25) is 0 Å². The molecule has 6 N–H and O–H groups in total. The molecule has 1 aromatic rings. The van der Waals surface area contributed by atoms with Crippen LogP contribution in [-0.2, 0) is 47.8 Å². The Hall–Kier alpha value is -5.11. The van der Waals surface area contributed by atoms with Crippen molar-refractivity contribution >= 4 is 46.8 Å². The van der Waals surface area contributed by atoms with Crippen molar-refractivity contribution in [2.75, 3.05) is 38.2 Å². The van der Waals surface area contributed by atoms with Crippen LogP contribution in [0.1, 0.15) is 133 Å². The predicted octanol–water partition coefficient (Wildman–Crippen LogP) is 6.31. The van der Waals surface area contributed by atoms with E-state index in [0.29, 0.717) is 36.9 Å². The van der Waals surface area contributed by atoms with Crippen LogP contribution in [0.5, 0.6) is 5.75 Å². The van der Waals surface area contributed by atoms with Gasteiger partial charge in [0.05, 0.1) is 25.4 Å². The molecule has 4 aliphatic carbocycles. The van der Waals surface area contributed by atoms with Gasteiger partial charge in [-0.3, -0.25) is 33.6 Å². The second-order valence-corrected chi connectivity index (χ2v) is 22.4. The van der Waals surface area contributed by atoms with E-state index in [0.717, 1.165) is 25.3 Å². The Morgan fingerprint density at radius 2 is 1.54 bits per heavy atom. The highest BCUT2D eigenvalue weighted by molar-refractivity contribution is 6.01. The third-order valence-electron chi connectivity index (χ3n) is 17.3. The predicted molar refractivity (Wildman–Crippen MR) is 280 cm³/mol. The van der Waals surface area contributed by atoms with Crippen LogP contribution in [0.15, 0.2) is 48.1 Å². The number of carbonyl (C=O) groups is 7. The van der Waals surface area contributed by atoms with Crippen LogP contribution < -0.4 is 31.3 Å². The number of aliphatic hydroxyl groups excluding tert-OH is 1. The van der Waals surface area contributed by atoms with Gasteiger partial charge in [-0.15, -0.1) is 0 Å². The molecule has 17 nitrogen and oxygen atoms in total. The molecule has 0 bridgehead atoms. The summed E-state index contributed by atoms with van der Waals surface area (Å²) >= 11 is 0. The van der Waals surface area contributed by atoms with Crippen molar-refractivity contribution in [3.63, 3.8) is 0 Å². The average molecular weight is 1070 g/mol. The Labute approximate surface area is 446 Å². The van der Waals surface area contributed by atoms with Gasteiger partial charge < -0.3 is 50.6 Å². The van der Waals surface area contributed by atoms with Crippen LogP contribution in [0, 0.1) is 40.4 Å². The van der Waals surface area contributed by atoms with Crippen LogP contribution in [0.25, 0.3) is 0 Å². The van der Waals surface area contributed by atoms with Gasteiger partial charge in [-0.05, 0) is 112 Å². The first kappa shape index (κ1) is 60.1. The fourth-order valence-electron chi connectivity index (χ4n) is 12.7. The van der Waals surface area contributed by atoms with Gasteiger partial charge >= 0.3 is 0 Å². The van der Waals surface area contributed by atoms with E-state index in [1.165, 1.54) is 26.0 Å². The lowest BCUT2D eigenvalue weighted by Crippen LogP contribution is -2.71. The van der Waals surface area contributed by atoms with Crippen LogP contribution >= 0.6 is 0 Å². The molecule has 6 rings (SSSR count). The maximum absolute atomic E-state index is 17.9. The number of allylic oxidation sites excluding steroid dienone is 4. The number of anilines is 1. The highest BCUT2D eigenvalue weighted by atomic mass is 19.1. The highest BCUT2D eigenvalue weighted by Gasteiger charge is 2.80. The van der Waals surface area contributed by atoms with Gasteiger partial charge in [0.25, 0.3) is 0 Å². The minimum Gasteiger partial charge on any atom is -0.486 e. The summed E-state index contributed by atoms with van der Waals surface area (Å²) in [7, 11) is 0. The standard InChI is InChI=1S/C57H83F2N5O12/c1-10-13-50-75-46-30-40-41-29-43(58)42-28-38(65)20-23-54(42,8)56(41,59)44(66)31-55(40,9)57(46,76-50)45(67)32-74-39-16-14-37(15-17-39)63-52(71)35(7)62-53(72)51(33(4)5)64-49(70)22-26-73-27-25-61-48(69)19-18-47(68)60-24-21-36(12-3)34(6)11-2/h14-17,20,23,28,33-36,40-41,43-44,46,50-51,66H,10-13,18-19,21-22,24-27,29-32H2,1-9H3,(H,60,68)(H,61,69)(H,62,72)(H,63,71)(H,64,70)/t34-,35-,36-,40-,41-,43-,44-,46+,50?,51-,54-,55-,56-,57+/m0/s1. The fourth-order valence-corrected chi connectivity index (χ4v) is 12.7. The number of ketones is 2. The molecule has 422 valence electrons. The van der Waals surface area contributed by atoms with Gasteiger partial charge in [0.1, 0.15) is 30.6 Å². The van der Waals surface area contributed by atoms with Crippen molar-refractivity contribution in [3.05, 3.63) is 48.1 Å². The lowest BCUT2D eigenvalue weighted by atomic mass is 9.44. The Bertz CT molecular complexity index is 2330. The third-order valence-corrected chi connectivity index (χ3v) is 17.3. The summed E-state index contributed by atoms with van der Waals surface area (Å²) in [4.78, 5) is 90.9. The van der Waals surface area contributed by atoms with Crippen LogP contribution in [0.3, 0.4) is 0 Å². The van der Waals surface area contributed by atoms with Gasteiger partial charge in [0.2, 0.25) is 35.3 Å². The van der Waals surface area contributed by atoms with Crippen molar-refractivity contribution in [2.45, 2.75) is 181 Å². The average Bonchev–Trinajstić information content (AvgIpc) is 3.98. The minimum atomic E-state index is -2.34. The number of nitrogens with one attached hydrogen (secondary N) is 5. The van der Waals surface area contributed by atoms with E-state index < -0.39 is 107 Å². The van der Waals surface area contributed by atoms with E-state index in [9.17, 15) is 38.7 Å². The maximum Gasteiger partial charge on any atom is 0.246 e. The SMILES string of the molecule is CCCC1O[C@@H]2C[C@H]3[C@@H]4C[C@H](F)C5=CC(=O)C=C[C@]5(C)[C@@]4(F)[C@@H](O)C[C@]3(C)[C@]2(C(=O)COc2ccc(NC(=O)[C@H](C)NC(=O)[C@@H](NC(=O)CCOCCNC(=O)CCC(=O)NCC[C@H](CC)[C@@H](C)CC)C(C)C)cc2)O1. The number of rotatable bonds is 27. The van der Waals surface area contributed by atoms with Gasteiger partial charge in [-0.1, -0.05) is 73.8 Å². The van der Waals surface area contributed by atoms with Gasteiger partial charge in [0.15, 0.2) is 23.3 Å². The zero-order valence-electron chi connectivity index (χ0n) is 45.9. The van der Waals surface area contributed by atoms with Gasteiger partial charge in [-0.25, -0.2) is 8.78 Å². The number of alkyl halides is 2. The summed E-state index contributed by atoms with van der Waals surface area (Å²) in [5.74, 6) is -3.44. The van der Waals surface area contributed by atoms with Crippen molar-refractivity contribution in [3.8, 4) is 5.75 Å². The maximum atomic E-state index is 17.9. The Balaban J connectivity index is 0.942. The van der Waals surface area contributed by atoms with Gasteiger partial charge in [-0.2, -0.15) is 0 Å². The first-order valence-electron chi connectivity index (χ1n) is 27.6. The Kier molecular flexibility index (Phi) is 20.2. The van der Waals surface area contributed by atoms with Gasteiger partial charge in [0, 0.05) is 54.8 Å². The molecule has 1 aromatic carbocycles. The molecule has 0 aromatic heterocycles. The molecule has 1 aliphatic heterocycles. The zero-order valence-corrected chi connectivity index (χ0v) is 45.9. The zero-order chi connectivity index (χ0) is 55.8. The number of benzene rings is 1. The lowest BCUT2D eigenvalue weighted by Gasteiger charge is -2.63. The lowest BCUT2D eigenvalue weighted by molar-refractivity contribution is -0.234. The molecule has 19 heteroatoms. The van der Waals surface area contributed by atoms with Crippen molar-refractivity contribution in [1.29, 1.82) is 0 Å². The highest BCUT2D eigenvalue weighted by Crippen LogP contribution is 2.72. The van der Waals surface area contributed by atoms with E-state index >= 15 is 8.78 Å². The molecule has 3 saturated carbocycles. The second kappa shape index (κ2) is 25.6. The first-order valence-corrected chi connectivity index (χ1v) is 27.6. The monoisotopic (exact) mass is 1070 g/mol. The second-order valence-electron chi connectivity index (χ2n) is 22.4. The number of Topliss-reactive ketones (excluding diaryl/α,β-unsaturated/α-hetero) is 1. The minimum absolute atomic E-state index is 0.0143. The van der Waals surface area contributed by atoms with E-state index in [1.807, 2.05) is 6.92 Å². The fraction of sp³-hybridized carbons (Fsp3) is 0.702. The van der Waals surface area contributed by atoms with E-state index in [-0.39, 0.29) is 87.3 Å². The summed E-state index contributed by atoms with van der Waals surface area (Å²) in [6, 6.07) is 4.26. The number of hydrogen-bond donors (Lipinski definition) is 6. The molecule has 5 aliphatic rings. The molecule has 0 radical (unpaired) electrons. The largest absolute Gasteiger partial charge is 0.486 e. The number of amides is 5. The summed E-state index contributed by atoms with van der Waals surface area (Å²) in [6.45, 7) is 17.3. The van der Waals surface area contributed by atoms with Crippen molar-refractivity contribution in [1.82, 2.24) is 21.3 Å². The topological polar surface area (TPSA) is 237 Å². The molecule has 1 saturated heterocycles. The van der Waals surface area contributed by atoms with Crippen LogP contribution in [-0.4, -0.2) is 127 Å². The normalized spacial score (nSPS) is 30.8. The number of ether oxygens (including phenoxy) is 4. The molecule has 0 spiro atoms. The molecule has 14 atom stereocenters. The third kappa shape index (κ3) is 12.6. The van der Waals surface area contributed by atoms with Crippen LogP contribution in [0.4, 0.5) is 14.5 Å². The molecule has 1 unspecified atom stereocenters. The molecule has 1 heterocycles. The molecule has 5 amide bonds. The number of hydrogen-bond acceptors (Lipinski definition) is 12. The molecule has 76 heavy (non-hydrogen) atoms. The Morgan fingerprint density at radius 3 is 2.18 bits per heavy atom. The van der Waals surface area contributed by atoms with E-state index in [2.05, 4.69) is 47.4 Å². The first-order chi connectivity index (χ1) is 36.0. The number of fused-ring (bicyclic) bond motifs is 7. The quantitative estimate of drug-likeness (QED) is 0.0532. The smallest absolute Gasteiger partial charge is 0.246 e. The van der Waals surface area contributed by atoms with Crippen molar-refractivity contribution in [2.24, 2.45) is 40.4 Å². The number of carbonyl (C=O) groups excluding carboxylic acids is 7. The van der Waals surface area contributed by atoms with E-state index in [1.54, 1.807) is 45.0 Å².